The number of amides is 1. The Balaban J connectivity index is 1.81. The molecule has 1 N–H and O–H groups in total. The van der Waals surface area contributed by atoms with Crippen molar-refractivity contribution in [2.45, 2.75) is 33.2 Å². The molecular weight excluding hydrogens is 286 g/mol. The maximum absolute atomic E-state index is 11.9. The van der Waals surface area contributed by atoms with E-state index in [1.807, 2.05) is 19.2 Å². The number of carbonyl (C=O) groups excluding carboxylic acids is 1. The summed E-state index contributed by atoms with van der Waals surface area (Å²) in [5, 5.41) is 5.94. The van der Waals surface area contributed by atoms with Crippen molar-refractivity contribution in [3.63, 3.8) is 0 Å². The molecule has 0 aromatic carbocycles. The van der Waals surface area contributed by atoms with Crippen LogP contribution in [-0.4, -0.2) is 22.0 Å². The minimum Gasteiger partial charge on any atom is -0.352 e. The third kappa shape index (κ3) is 4.26. The number of hydrogen-bond donors (Lipinski definition) is 1. The van der Waals surface area contributed by atoms with E-state index in [1.54, 1.807) is 28.2 Å². The van der Waals surface area contributed by atoms with Crippen LogP contribution in [0.25, 0.3) is 0 Å². The van der Waals surface area contributed by atoms with Gasteiger partial charge in [0.05, 0.1) is 5.01 Å². The summed E-state index contributed by atoms with van der Waals surface area (Å²) in [6.07, 6.45) is 3.34. The van der Waals surface area contributed by atoms with E-state index in [4.69, 9.17) is 0 Å². The number of rotatable bonds is 6. The third-order valence-corrected chi connectivity index (χ3v) is 4.14. The first kappa shape index (κ1) is 15.4. The molecule has 1 amide bonds. The molecule has 2 aromatic heterocycles. The zero-order valence-corrected chi connectivity index (χ0v) is 13.1. The molecule has 0 atom stereocenters. The second-order valence-corrected chi connectivity index (χ2v) is 5.72. The Morgan fingerprint density at radius 3 is 2.90 bits per heavy atom. The number of thiazole rings is 1. The van der Waals surface area contributed by atoms with Gasteiger partial charge in [0.2, 0.25) is 0 Å². The van der Waals surface area contributed by atoms with Gasteiger partial charge in [0, 0.05) is 48.4 Å². The Morgan fingerprint density at radius 1 is 1.48 bits per heavy atom. The zero-order chi connectivity index (χ0) is 15.2. The van der Waals surface area contributed by atoms with E-state index in [-0.39, 0.29) is 11.5 Å². The van der Waals surface area contributed by atoms with E-state index in [2.05, 4.69) is 10.3 Å². The van der Waals surface area contributed by atoms with E-state index < -0.39 is 0 Å². The number of aryl methyl sites for hydroxylation is 3. The molecule has 0 saturated heterocycles. The largest absolute Gasteiger partial charge is 0.352 e. The Morgan fingerprint density at radius 2 is 2.29 bits per heavy atom. The topological polar surface area (TPSA) is 64.0 Å². The fourth-order valence-electron chi connectivity index (χ4n) is 1.97. The highest BCUT2D eigenvalue weighted by Gasteiger charge is 2.07. The lowest BCUT2D eigenvalue weighted by Crippen LogP contribution is -2.27. The number of hydrogen-bond acceptors (Lipinski definition) is 4. The number of aromatic nitrogens is 2. The minimum absolute atomic E-state index is 0.150. The van der Waals surface area contributed by atoms with Crippen molar-refractivity contribution >= 4 is 17.2 Å². The molecule has 5 nitrogen and oxygen atoms in total. The molecule has 2 aromatic rings. The van der Waals surface area contributed by atoms with Crippen LogP contribution < -0.4 is 10.9 Å². The highest BCUT2D eigenvalue weighted by molar-refractivity contribution is 7.09. The van der Waals surface area contributed by atoms with Gasteiger partial charge in [-0.05, 0) is 26.3 Å². The second kappa shape index (κ2) is 7.17. The molecule has 0 fully saturated rings. The molecule has 0 saturated carbocycles. The molecule has 0 unspecified atom stereocenters. The first-order valence-electron chi connectivity index (χ1n) is 7.00. The average Bonchev–Trinajstić information content (AvgIpc) is 2.89. The number of nitrogens with one attached hydrogen (secondary N) is 1. The molecular formula is C15H19N3O2S. The van der Waals surface area contributed by atoms with Crippen molar-refractivity contribution in [2.75, 3.05) is 6.54 Å². The molecule has 0 radical (unpaired) electrons. The van der Waals surface area contributed by atoms with Crippen LogP contribution in [-0.2, 0) is 13.0 Å². The van der Waals surface area contributed by atoms with E-state index >= 15 is 0 Å². The van der Waals surface area contributed by atoms with Crippen LogP contribution in [0.5, 0.6) is 0 Å². The van der Waals surface area contributed by atoms with Crippen molar-refractivity contribution in [2.24, 2.45) is 0 Å². The van der Waals surface area contributed by atoms with Crippen molar-refractivity contribution in [1.29, 1.82) is 0 Å². The van der Waals surface area contributed by atoms with Crippen LogP contribution in [0.1, 0.15) is 34.4 Å². The molecule has 21 heavy (non-hydrogen) atoms. The van der Waals surface area contributed by atoms with Gasteiger partial charge in [-0.2, -0.15) is 0 Å². The highest BCUT2D eigenvalue weighted by atomic mass is 32.1. The van der Waals surface area contributed by atoms with Crippen LogP contribution in [0.4, 0.5) is 0 Å². The number of nitrogens with zero attached hydrogens (tertiary/aromatic N) is 2. The standard InChI is InChI=1S/C15H19N3O2S/c1-3-18-8-6-12(9-14(18)19)15(20)16-7-4-5-13-17-11(2)10-21-13/h6,8-10H,3-5,7H2,1-2H3,(H,16,20). The SMILES string of the molecule is CCn1ccc(C(=O)NCCCc2nc(C)cs2)cc1=O. The summed E-state index contributed by atoms with van der Waals surface area (Å²) in [7, 11) is 0. The lowest BCUT2D eigenvalue weighted by atomic mass is 10.2. The Labute approximate surface area is 127 Å². The Hall–Kier alpha value is -1.95. The van der Waals surface area contributed by atoms with Crippen molar-refractivity contribution in [3.8, 4) is 0 Å². The molecule has 0 aliphatic carbocycles. The summed E-state index contributed by atoms with van der Waals surface area (Å²) >= 11 is 1.64. The Bertz CT molecular complexity index is 676. The van der Waals surface area contributed by atoms with Crippen LogP contribution in [0, 0.1) is 6.92 Å². The van der Waals surface area contributed by atoms with Crippen LogP contribution in [0.15, 0.2) is 28.5 Å². The lowest BCUT2D eigenvalue weighted by molar-refractivity contribution is 0.0953. The molecule has 6 heteroatoms. The normalized spacial score (nSPS) is 10.6. The summed E-state index contributed by atoms with van der Waals surface area (Å²) in [5.41, 5.74) is 1.30. The van der Waals surface area contributed by atoms with Gasteiger partial charge in [-0.25, -0.2) is 4.98 Å². The summed E-state index contributed by atoms with van der Waals surface area (Å²) in [6, 6.07) is 3.05. The summed E-state index contributed by atoms with van der Waals surface area (Å²) in [6.45, 7) is 5.05. The Kier molecular flexibility index (Phi) is 5.27. The third-order valence-electron chi connectivity index (χ3n) is 3.12. The molecule has 0 bridgehead atoms. The zero-order valence-electron chi connectivity index (χ0n) is 12.3. The van der Waals surface area contributed by atoms with Crippen LogP contribution in [0.3, 0.4) is 0 Å². The van der Waals surface area contributed by atoms with Gasteiger partial charge in [-0.3, -0.25) is 9.59 Å². The monoisotopic (exact) mass is 305 g/mol. The first-order valence-corrected chi connectivity index (χ1v) is 7.88. The van der Waals surface area contributed by atoms with Gasteiger partial charge < -0.3 is 9.88 Å². The van der Waals surface area contributed by atoms with Crippen molar-refractivity contribution < 1.29 is 4.79 Å². The van der Waals surface area contributed by atoms with Crippen molar-refractivity contribution in [1.82, 2.24) is 14.9 Å². The van der Waals surface area contributed by atoms with Crippen LogP contribution >= 0.6 is 11.3 Å². The molecule has 2 rings (SSSR count). The lowest BCUT2D eigenvalue weighted by Gasteiger charge is -2.06. The minimum atomic E-state index is -0.203. The van der Waals surface area contributed by atoms with Gasteiger partial charge >= 0.3 is 0 Å². The van der Waals surface area contributed by atoms with Gasteiger partial charge in [0.1, 0.15) is 0 Å². The predicted molar refractivity (Wildman–Crippen MR) is 83.9 cm³/mol. The van der Waals surface area contributed by atoms with E-state index in [0.717, 1.165) is 23.5 Å². The van der Waals surface area contributed by atoms with Crippen molar-refractivity contribution in [3.05, 3.63) is 50.3 Å². The first-order chi connectivity index (χ1) is 10.1. The highest BCUT2D eigenvalue weighted by Crippen LogP contribution is 2.10. The number of carbonyl (C=O) groups is 1. The molecule has 0 spiro atoms. The van der Waals surface area contributed by atoms with E-state index in [9.17, 15) is 9.59 Å². The fraction of sp³-hybridized carbons (Fsp3) is 0.400. The maximum Gasteiger partial charge on any atom is 0.251 e. The number of pyridine rings is 1. The van der Waals surface area contributed by atoms with Gasteiger partial charge in [-0.1, -0.05) is 0 Å². The van der Waals surface area contributed by atoms with Crippen LogP contribution in [0.2, 0.25) is 0 Å². The smallest absolute Gasteiger partial charge is 0.251 e. The van der Waals surface area contributed by atoms with Gasteiger partial charge in [0.25, 0.3) is 11.5 Å². The molecule has 2 heterocycles. The average molecular weight is 305 g/mol. The summed E-state index contributed by atoms with van der Waals surface area (Å²) in [4.78, 5) is 28.0. The summed E-state index contributed by atoms with van der Waals surface area (Å²) < 4.78 is 1.56. The second-order valence-electron chi connectivity index (χ2n) is 4.78. The molecule has 0 aliphatic heterocycles. The maximum atomic E-state index is 11.9. The van der Waals surface area contributed by atoms with E-state index in [0.29, 0.717) is 18.7 Å². The fourth-order valence-corrected chi connectivity index (χ4v) is 2.79. The quantitative estimate of drug-likeness (QED) is 0.830. The molecule has 0 aliphatic rings. The summed E-state index contributed by atoms with van der Waals surface area (Å²) in [5.74, 6) is -0.203. The van der Waals surface area contributed by atoms with Gasteiger partial charge in [-0.15, -0.1) is 11.3 Å². The molecule has 112 valence electrons. The van der Waals surface area contributed by atoms with Gasteiger partial charge in [0.15, 0.2) is 0 Å². The van der Waals surface area contributed by atoms with E-state index in [1.165, 1.54) is 6.07 Å². The predicted octanol–water partition coefficient (Wildman–Crippen LogP) is 2.00.